The number of oxime groups is 1. The van der Waals surface area contributed by atoms with Crippen molar-refractivity contribution in [3.8, 4) is 11.4 Å². The number of nitrogens with zero attached hydrogens (tertiary/aromatic N) is 4. The summed E-state index contributed by atoms with van der Waals surface area (Å²) in [4.78, 5) is 12.5. The van der Waals surface area contributed by atoms with Gasteiger partial charge in [-0.25, -0.2) is 9.37 Å². The molecule has 0 radical (unpaired) electrons. The van der Waals surface area contributed by atoms with Crippen LogP contribution in [0.2, 0.25) is 0 Å². The monoisotopic (exact) mass is 502 g/mol. The Kier molecular flexibility index (Phi) is 6.20. The molecule has 0 N–H and O–H groups in total. The van der Waals surface area contributed by atoms with Crippen LogP contribution in [0.25, 0.3) is 11.8 Å². The highest BCUT2D eigenvalue weighted by Gasteiger charge is 2.45. The van der Waals surface area contributed by atoms with Gasteiger partial charge < -0.3 is 23.8 Å². The molecular weight excluding hydrogens is 471 g/mol. The van der Waals surface area contributed by atoms with E-state index < -0.39 is 0 Å². The third kappa shape index (κ3) is 4.62. The van der Waals surface area contributed by atoms with Crippen molar-refractivity contribution in [2.24, 2.45) is 10.6 Å². The Morgan fingerprint density at radius 3 is 2.68 bits per heavy atom. The van der Waals surface area contributed by atoms with Crippen molar-refractivity contribution in [1.82, 2.24) is 14.5 Å². The van der Waals surface area contributed by atoms with Crippen molar-refractivity contribution >= 4 is 11.9 Å². The Labute approximate surface area is 216 Å². The maximum atomic E-state index is 13.7. The van der Waals surface area contributed by atoms with Crippen LogP contribution in [0.3, 0.4) is 0 Å². The first-order chi connectivity index (χ1) is 18.0. The predicted octanol–water partition coefficient (Wildman–Crippen LogP) is 5.30. The van der Waals surface area contributed by atoms with E-state index in [1.54, 1.807) is 13.4 Å². The fraction of sp³-hybridized carbons (Fsp3) is 0.379. The van der Waals surface area contributed by atoms with Crippen LogP contribution in [0, 0.1) is 18.2 Å². The van der Waals surface area contributed by atoms with Crippen molar-refractivity contribution in [2.45, 2.75) is 32.2 Å². The van der Waals surface area contributed by atoms with Gasteiger partial charge in [-0.1, -0.05) is 23.4 Å². The summed E-state index contributed by atoms with van der Waals surface area (Å²) in [6, 6.07) is 12.9. The molecule has 192 valence electrons. The highest BCUT2D eigenvalue weighted by atomic mass is 19.1. The Balaban J connectivity index is 1.39. The van der Waals surface area contributed by atoms with Gasteiger partial charge in [-0.05, 0) is 78.6 Å². The van der Waals surface area contributed by atoms with Crippen LogP contribution in [0.15, 0.2) is 65.7 Å². The summed E-state index contributed by atoms with van der Waals surface area (Å²) in [6.45, 7) is 4.80. The maximum Gasteiger partial charge on any atom is 0.172 e. The Bertz CT molecular complexity index is 1340. The van der Waals surface area contributed by atoms with E-state index in [1.165, 1.54) is 12.1 Å². The zero-order valence-electron chi connectivity index (χ0n) is 21.2. The van der Waals surface area contributed by atoms with E-state index in [0.29, 0.717) is 6.61 Å². The lowest BCUT2D eigenvalue weighted by atomic mass is 9.71. The number of benzene rings is 2. The highest BCUT2D eigenvalue weighted by molar-refractivity contribution is 6.03. The first-order valence-corrected chi connectivity index (χ1v) is 12.7. The largest absolute Gasteiger partial charge is 0.495 e. The summed E-state index contributed by atoms with van der Waals surface area (Å²) in [5.74, 6) is 1.38. The molecule has 1 spiro atoms. The normalized spacial score (nSPS) is 21.9. The molecule has 2 aromatic carbocycles. The number of hydrogen-bond acceptors (Lipinski definition) is 6. The van der Waals surface area contributed by atoms with E-state index in [-0.39, 0.29) is 17.3 Å². The summed E-state index contributed by atoms with van der Waals surface area (Å²) < 4.78 is 27.1. The molecule has 0 aliphatic carbocycles. The lowest BCUT2D eigenvalue weighted by molar-refractivity contribution is -0.0222. The van der Waals surface area contributed by atoms with Gasteiger partial charge in [0.1, 0.15) is 18.2 Å². The number of hydrogen-bond donors (Lipinski definition) is 0. The van der Waals surface area contributed by atoms with Gasteiger partial charge in [-0.2, -0.15) is 0 Å². The third-order valence-electron chi connectivity index (χ3n) is 7.73. The van der Waals surface area contributed by atoms with E-state index in [4.69, 9.17) is 14.3 Å². The number of rotatable bonds is 4. The molecule has 6 rings (SSSR count). The molecule has 0 bridgehead atoms. The van der Waals surface area contributed by atoms with Crippen LogP contribution >= 0.6 is 0 Å². The lowest BCUT2D eigenvalue weighted by Gasteiger charge is -2.50. The molecule has 0 saturated carbocycles. The second-order valence-electron chi connectivity index (χ2n) is 10.2. The van der Waals surface area contributed by atoms with E-state index in [0.717, 1.165) is 78.7 Å². The van der Waals surface area contributed by atoms with Crippen molar-refractivity contribution in [2.75, 3.05) is 33.5 Å². The minimum atomic E-state index is -0.238. The summed E-state index contributed by atoms with van der Waals surface area (Å²) in [5, 5.41) is 4.54. The van der Waals surface area contributed by atoms with E-state index in [2.05, 4.69) is 39.3 Å². The van der Waals surface area contributed by atoms with Gasteiger partial charge >= 0.3 is 0 Å². The molecule has 2 fully saturated rings. The quantitative estimate of drug-likeness (QED) is 0.485. The molecule has 3 aromatic rings. The summed E-state index contributed by atoms with van der Waals surface area (Å²) >= 11 is 0. The lowest BCUT2D eigenvalue weighted by Crippen LogP contribution is -2.53. The number of imidazole rings is 1. The van der Waals surface area contributed by atoms with Crippen LogP contribution in [0.4, 0.5) is 4.39 Å². The number of amidine groups is 1. The molecule has 4 heterocycles. The molecular formula is C29H31FN4O3. The smallest absolute Gasteiger partial charge is 0.172 e. The first kappa shape index (κ1) is 23.7. The summed E-state index contributed by atoms with van der Waals surface area (Å²) in [5.41, 5.74) is 5.17. The van der Waals surface area contributed by atoms with Gasteiger partial charge in [0.25, 0.3) is 0 Å². The molecule has 1 aromatic heterocycles. The predicted molar refractivity (Wildman–Crippen MR) is 139 cm³/mol. The van der Waals surface area contributed by atoms with Gasteiger partial charge in [-0.3, -0.25) is 0 Å². The number of methoxy groups -OCH3 is 1. The fourth-order valence-electron chi connectivity index (χ4n) is 5.75. The molecule has 8 heteroatoms. The van der Waals surface area contributed by atoms with Crippen LogP contribution in [-0.4, -0.2) is 53.8 Å². The van der Waals surface area contributed by atoms with Crippen molar-refractivity contribution in [3.05, 3.63) is 83.2 Å². The number of fused-ring (bicyclic) bond motifs is 1. The SMILES string of the molecule is COc1cc(C=C2CC3(CCOCC3)CN3C2=NOCC3c2ccc(F)cc2)ccc1-n1cnc(C)c1. The summed E-state index contributed by atoms with van der Waals surface area (Å²) in [7, 11) is 1.69. The van der Waals surface area contributed by atoms with Gasteiger partial charge in [0, 0.05) is 26.0 Å². The maximum absolute atomic E-state index is 13.7. The van der Waals surface area contributed by atoms with E-state index in [9.17, 15) is 4.39 Å². The molecule has 0 amide bonds. The number of ether oxygens (including phenoxy) is 2. The minimum Gasteiger partial charge on any atom is -0.495 e. The van der Waals surface area contributed by atoms with Crippen molar-refractivity contribution in [1.29, 1.82) is 0 Å². The number of piperidine rings is 1. The Hall–Kier alpha value is -3.65. The van der Waals surface area contributed by atoms with Crippen molar-refractivity contribution in [3.63, 3.8) is 0 Å². The van der Waals surface area contributed by atoms with Crippen LogP contribution in [0.1, 0.15) is 42.1 Å². The molecule has 7 nitrogen and oxygen atoms in total. The number of aromatic nitrogens is 2. The average Bonchev–Trinajstić information content (AvgIpc) is 3.35. The zero-order chi connectivity index (χ0) is 25.4. The molecule has 2 saturated heterocycles. The zero-order valence-corrected chi connectivity index (χ0v) is 21.2. The second-order valence-corrected chi connectivity index (χ2v) is 10.2. The van der Waals surface area contributed by atoms with Gasteiger partial charge in [-0.15, -0.1) is 0 Å². The van der Waals surface area contributed by atoms with E-state index in [1.807, 2.05) is 29.8 Å². The molecule has 37 heavy (non-hydrogen) atoms. The third-order valence-corrected chi connectivity index (χ3v) is 7.73. The Morgan fingerprint density at radius 1 is 1.14 bits per heavy atom. The van der Waals surface area contributed by atoms with Gasteiger partial charge in [0.2, 0.25) is 0 Å². The van der Waals surface area contributed by atoms with Crippen LogP contribution in [0.5, 0.6) is 5.75 Å². The fourth-order valence-corrected chi connectivity index (χ4v) is 5.75. The topological polar surface area (TPSA) is 61.1 Å². The average molecular weight is 503 g/mol. The van der Waals surface area contributed by atoms with Crippen LogP contribution < -0.4 is 4.74 Å². The second kappa shape index (κ2) is 9.67. The van der Waals surface area contributed by atoms with Gasteiger partial charge in [0.15, 0.2) is 5.84 Å². The van der Waals surface area contributed by atoms with Gasteiger partial charge in [0.05, 0.1) is 30.9 Å². The number of aryl methyl sites for hydroxylation is 1. The molecule has 3 aliphatic rings. The molecule has 1 unspecified atom stereocenters. The Morgan fingerprint density at radius 2 is 1.95 bits per heavy atom. The van der Waals surface area contributed by atoms with Crippen LogP contribution in [-0.2, 0) is 9.57 Å². The first-order valence-electron chi connectivity index (χ1n) is 12.7. The number of halogens is 1. The minimum absolute atomic E-state index is 0.0297. The van der Waals surface area contributed by atoms with E-state index >= 15 is 0 Å². The van der Waals surface area contributed by atoms with Crippen molar-refractivity contribution < 1.29 is 18.7 Å². The standard InChI is InChI=1S/C29H31FN4O3/c1-20-16-33(19-31-20)25-8-3-21(14-27(25)35-2)13-23-15-29(9-11-36-12-10-29)18-34-26(17-37-32-28(23)34)22-4-6-24(30)7-5-22/h3-8,13-14,16,19,26H,9-12,15,17-18H2,1-2H3. The molecule has 1 atom stereocenters. The highest BCUT2D eigenvalue weighted by Crippen LogP contribution is 2.46. The molecule has 3 aliphatic heterocycles. The summed E-state index contributed by atoms with van der Waals surface area (Å²) in [6.07, 6.45) is 8.86.